The zero-order valence-electron chi connectivity index (χ0n) is 10.1. The van der Waals surface area contributed by atoms with Crippen molar-refractivity contribution in [1.29, 1.82) is 0 Å². The Morgan fingerprint density at radius 1 is 0.900 bits per heavy atom. The molecule has 0 aliphatic rings. The highest BCUT2D eigenvalue weighted by molar-refractivity contribution is 9.11. The van der Waals surface area contributed by atoms with Crippen LogP contribution in [0.4, 0.5) is 0 Å². The minimum Gasteiger partial charge on any atom is -0.487 e. The van der Waals surface area contributed by atoms with Gasteiger partial charge in [0.05, 0.1) is 19.0 Å². The van der Waals surface area contributed by atoms with Crippen molar-refractivity contribution in [3.05, 3.63) is 60.4 Å². The topological polar surface area (TPSA) is 9.23 Å². The molecule has 0 aliphatic heterocycles. The van der Waals surface area contributed by atoms with E-state index in [1.807, 2.05) is 18.2 Å². The second-order valence-electron chi connectivity index (χ2n) is 4.06. The van der Waals surface area contributed by atoms with E-state index in [1.54, 1.807) is 12.1 Å². The van der Waals surface area contributed by atoms with E-state index in [1.165, 1.54) is 0 Å². The van der Waals surface area contributed by atoms with Gasteiger partial charge in [0.1, 0.15) is 12.4 Å². The molecule has 0 aromatic heterocycles. The molecule has 0 N–H and O–H groups in total. The van der Waals surface area contributed by atoms with E-state index in [-0.39, 0.29) is 0 Å². The summed E-state index contributed by atoms with van der Waals surface area (Å²) in [5.74, 6) is 1.18. The average Bonchev–Trinajstić information content (AvgIpc) is 2.41. The molecule has 1 nitrogen and oxygen atoms in total. The van der Waals surface area contributed by atoms with Gasteiger partial charge in [0, 0.05) is 5.88 Å². The number of ether oxygens (including phenoxy) is 1. The summed E-state index contributed by atoms with van der Waals surface area (Å²) in [6.07, 6.45) is 0. The summed E-state index contributed by atoms with van der Waals surface area (Å²) in [7, 11) is 0. The Balaban J connectivity index is 2.16. The highest BCUT2D eigenvalue weighted by atomic mass is 79.9. The Morgan fingerprint density at radius 3 is 2.10 bits per heavy atom. The SMILES string of the molecule is ClCc1cc(Br)c(OCc2ccc(Cl)c(Cl)c2)c(Br)c1. The molecule has 0 heterocycles. The van der Waals surface area contributed by atoms with Crippen molar-refractivity contribution in [3.63, 3.8) is 0 Å². The molecular weight excluding hydrogens is 450 g/mol. The first-order valence-electron chi connectivity index (χ1n) is 5.62. The number of halogens is 5. The van der Waals surface area contributed by atoms with Crippen LogP contribution in [0.2, 0.25) is 10.0 Å². The molecule has 0 fully saturated rings. The summed E-state index contributed by atoms with van der Waals surface area (Å²) < 4.78 is 7.51. The maximum atomic E-state index is 5.98. The first-order chi connectivity index (χ1) is 9.51. The molecule has 0 bridgehead atoms. The second-order valence-corrected chi connectivity index (χ2v) is 6.85. The Bertz CT molecular complexity index is 609. The summed E-state index contributed by atoms with van der Waals surface area (Å²) in [5, 5.41) is 1.05. The molecule has 20 heavy (non-hydrogen) atoms. The molecule has 0 saturated heterocycles. The third-order valence-electron chi connectivity index (χ3n) is 2.58. The van der Waals surface area contributed by atoms with Gasteiger partial charge >= 0.3 is 0 Å². The number of rotatable bonds is 4. The lowest BCUT2D eigenvalue weighted by atomic mass is 10.2. The fourth-order valence-corrected chi connectivity index (χ4v) is 3.60. The van der Waals surface area contributed by atoms with Gasteiger partial charge in [0.2, 0.25) is 0 Å². The van der Waals surface area contributed by atoms with Crippen LogP contribution in [0.15, 0.2) is 39.3 Å². The lowest BCUT2D eigenvalue weighted by Gasteiger charge is -2.12. The summed E-state index contributed by atoms with van der Waals surface area (Å²) in [5.41, 5.74) is 1.95. The van der Waals surface area contributed by atoms with E-state index in [2.05, 4.69) is 31.9 Å². The first-order valence-corrected chi connectivity index (χ1v) is 8.49. The number of hydrogen-bond acceptors (Lipinski definition) is 1. The van der Waals surface area contributed by atoms with E-state index in [0.717, 1.165) is 25.8 Å². The molecule has 2 rings (SSSR count). The molecule has 0 aliphatic carbocycles. The molecule has 0 spiro atoms. The van der Waals surface area contributed by atoms with E-state index in [9.17, 15) is 0 Å². The third kappa shape index (κ3) is 4.05. The van der Waals surface area contributed by atoms with Gasteiger partial charge in [0.15, 0.2) is 0 Å². The van der Waals surface area contributed by atoms with Crippen LogP contribution in [0.25, 0.3) is 0 Å². The smallest absolute Gasteiger partial charge is 0.148 e. The fourth-order valence-electron chi connectivity index (χ4n) is 1.61. The van der Waals surface area contributed by atoms with Crippen LogP contribution in [-0.2, 0) is 12.5 Å². The van der Waals surface area contributed by atoms with Gasteiger partial charge in [-0.3, -0.25) is 0 Å². The molecule has 6 heteroatoms. The van der Waals surface area contributed by atoms with Crippen molar-refractivity contribution < 1.29 is 4.74 Å². The quantitative estimate of drug-likeness (QED) is 0.455. The number of benzene rings is 2. The average molecular weight is 459 g/mol. The number of alkyl halides is 1. The van der Waals surface area contributed by atoms with Crippen molar-refractivity contribution in [3.8, 4) is 5.75 Å². The number of hydrogen-bond donors (Lipinski definition) is 0. The monoisotopic (exact) mass is 456 g/mol. The van der Waals surface area contributed by atoms with Gasteiger partial charge in [-0.05, 0) is 67.3 Å². The molecule has 0 amide bonds. The van der Waals surface area contributed by atoms with E-state index < -0.39 is 0 Å². The standard InChI is InChI=1S/C14H9Br2Cl3O/c15-10-3-9(6-17)4-11(16)14(10)20-7-8-1-2-12(18)13(19)5-8/h1-5H,6-7H2. The van der Waals surface area contributed by atoms with Gasteiger partial charge in [0.25, 0.3) is 0 Å². The van der Waals surface area contributed by atoms with Crippen molar-refractivity contribution in [1.82, 2.24) is 0 Å². The fraction of sp³-hybridized carbons (Fsp3) is 0.143. The molecule has 0 saturated carbocycles. The van der Waals surface area contributed by atoms with Crippen LogP contribution in [0, 0.1) is 0 Å². The minimum absolute atomic E-state index is 0.397. The van der Waals surface area contributed by atoms with Crippen LogP contribution in [0.3, 0.4) is 0 Å². The third-order valence-corrected chi connectivity index (χ3v) is 4.81. The largest absolute Gasteiger partial charge is 0.487 e. The molecular formula is C14H9Br2Cl3O. The highest BCUT2D eigenvalue weighted by Gasteiger charge is 2.09. The van der Waals surface area contributed by atoms with Gasteiger partial charge < -0.3 is 4.74 Å². The van der Waals surface area contributed by atoms with Gasteiger partial charge in [-0.15, -0.1) is 11.6 Å². The van der Waals surface area contributed by atoms with Crippen LogP contribution in [-0.4, -0.2) is 0 Å². The Labute approximate surface area is 149 Å². The van der Waals surface area contributed by atoms with Crippen molar-refractivity contribution in [2.24, 2.45) is 0 Å². The Morgan fingerprint density at radius 2 is 1.55 bits per heavy atom. The van der Waals surface area contributed by atoms with E-state index >= 15 is 0 Å². The zero-order valence-corrected chi connectivity index (χ0v) is 15.5. The maximum Gasteiger partial charge on any atom is 0.148 e. The van der Waals surface area contributed by atoms with Crippen molar-refractivity contribution in [2.75, 3.05) is 0 Å². The molecule has 2 aromatic carbocycles. The Hall–Kier alpha value is 0.0700. The summed E-state index contributed by atoms with van der Waals surface area (Å²) >= 11 is 24.6. The van der Waals surface area contributed by atoms with Crippen molar-refractivity contribution >= 4 is 66.7 Å². The van der Waals surface area contributed by atoms with E-state index in [4.69, 9.17) is 39.5 Å². The summed E-state index contributed by atoms with van der Waals surface area (Å²) in [4.78, 5) is 0. The molecule has 0 radical (unpaired) electrons. The second kappa shape index (κ2) is 7.37. The van der Waals surface area contributed by atoms with Crippen molar-refractivity contribution in [2.45, 2.75) is 12.5 Å². The lowest BCUT2D eigenvalue weighted by molar-refractivity contribution is 0.302. The van der Waals surface area contributed by atoms with Crippen LogP contribution >= 0.6 is 66.7 Å². The summed E-state index contributed by atoms with van der Waals surface area (Å²) in [6.45, 7) is 0.397. The Kier molecular flexibility index (Phi) is 6.06. The van der Waals surface area contributed by atoms with E-state index in [0.29, 0.717) is 22.5 Å². The van der Waals surface area contributed by atoms with Crippen LogP contribution in [0.5, 0.6) is 5.75 Å². The van der Waals surface area contributed by atoms with Crippen LogP contribution in [0.1, 0.15) is 11.1 Å². The highest BCUT2D eigenvalue weighted by Crippen LogP contribution is 2.36. The minimum atomic E-state index is 0.397. The summed E-state index contributed by atoms with van der Waals surface area (Å²) in [6, 6.07) is 9.29. The molecule has 0 unspecified atom stereocenters. The van der Waals surface area contributed by atoms with Crippen LogP contribution < -0.4 is 4.74 Å². The zero-order chi connectivity index (χ0) is 14.7. The molecule has 2 aromatic rings. The van der Waals surface area contributed by atoms with Gasteiger partial charge in [-0.1, -0.05) is 29.3 Å². The molecule has 0 atom stereocenters. The van der Waals surface area contributed by atoms with Gasteiger partial charge in [-0.25, -0.2) is 0 Å². The molecule has 106 valence electrons. The maximum absolute atomic E-state index is 5.98. The lowest BCUT2D eigenvalue weighted by Crippen LogP contribution is -1.97. The van der Waals surface area contributed by atoms with Gasteiger partial charge in [-0.2, -0.15) is 0 Å². The first kappa shape index (κ1) is 16.4. The normalized spacial score (nSPS) is 10.7. The predicted molar refractivity (Wildman–Crippen MR) is 92.2 cm³/mol. The predicted octanol–water partition coefficient (Wildman–Crippen LogP) is 6.84.